The molecule has 0 aliphatic carbocycles. The highest BCUT2D eigenvalue weighted by Crippen LogP contribution is 2.25. The maximum atomic E-state index is 9.71. The van der Waals surface area contributed by atoms with Crippen molar-refractivity contribution in [2.75, 3.05) is 6.54 Å². The quantitative estimate of drug-likeness (QED) is 0.852. The van der Waals surface area contributed by atoms with Crippen LogP contribution in [0.3, 0.4) is 0 Å². The number of nitrogens with zero attached hydrogens (tertiary/aromatic N) is 1. The highest BCUT2D eigenvalue weighted by molar-refractivity contribution is 7.15. The number of nitrogens with one attached hydrogen (secondary N) is 1. The summed E-state index contributed by atoms with van der Waals surface area (Å²) in [4.78, 5) is 5.59. The lowest BCUT2D eigenvalue weighted by atomic mass is 10.1. The standard InChI is InChI=1S/C15H20N2OS/c1-11(2)13(18)8-16-10-15-17-9-14(19-15)12-6-4-3-5-7-12/h3-7,9,11,13,16,18H,8,10H2,1-2H3. The molecule has 1 atom stereocenters. The molecule has 2 aromatic rings. The normalized spacial score (nSPS) is 12.8. The number of aromatic nitrogens is 1. The van der Waals surface area contributed by atoms with Gasteiger partial charge in [-0.1, -0.05) is 44.2 Å². The minimum Gasteiger partial charge on any atom is -0.392 e. The zero-order valence-electron chi connectivity index (χ0n) is 11.3. The second-order valence-electron chi connectivity index (χ2n) is 4.93. The molecule has 3 nitrogen and oxygen atoms in total. The molecule has 0 spiro atoms. The molecule has 1 heterocycles. The number of hydrogen-bond acceptors (Lipinski definition) is 4. The fourth-order valence-corrected chi connectivity index (χ4v) is 2.58. The average molecular weight is 276 g/mol. The Labute approximate surface area is 118 Å². The van der Waals surface area contributed by atoms with Crippen molar-refractivity contribution in [3.63, 3.8) is 0 Å². The van der Waals surface area contributed by atoms with Crippen LogP contribution >= 0.6 is 11.3 Å². The molecule has 0 radical (unpaired) electrons. The van der Waals surface area contributed by atoms with E-state index in [2.05, 4.69) is 22.4 Å². The van der Waals surface area contributed by atoms with Gasteiger partial charge in [-0.25, -0.2) is 4.98 Å². The molecule has 1 aromatic heterocycles. The molecule has 19 heavy (non-hydrogen) atoms. The lowest BCUT2D eigenvalue weighted by Crippen LogP contribution is -2.30. The van der Waals surface area contributed by atoms with Crippen LogP contribution in [0.5, 0.6) is 0 Å². The summed E-state index contributed by atoms with van der Waals surface area (Å²) in [5.74, 6) is 0.281. The summed E-state index contributed by atoms with van der Waals surface area (Å²) in [5.41, 5.74) is 1.20. The molecule has 2 N–H and O–H groups in total. The van der Waals surface area contributed by atoms with E-state index in [1.165, 1.54) is 10.4 Å². The first-order valence-corrected chi connectivity index (χ1v) is 7.37. The van der Waals surface area contributed by atoms with Gasteiger partial charge in [0.05, 0.1) is 11.0 Å². The highest BCUT2D eigenvalue weighted by Gasteiger charge is 2.09. The molecule has 0 fully saturated rings. The number of thiazole rings is 1. The van der Waals surface area contributed by atoms with Gasteiger partial charge >= 0.3 is 0 Å². The van der Waals surface area contributed by atoms with Crippen molar-refractivity contribution >= 4 is 11.3 Å². The smallest absolute Gasteiger partial charge is 0.107 e. The largest absolute Gasteiger partial charge is 0.392 e. The first-order valence-electron chi connectivity index (χ1n) is 6.55. The summed E-state index contributed by atoms with van der Waals surface area (Å²) in [5, 5.41) is 14.0. The second kappa shape index (κ2) is 6.80. The minimum absolute atomic E-state index is 0.281. The van der Waals surface area contributed by atoms with Crippen LogP contribution < -0.4 is 5.32 Å². The summed E-state index contributed by atoms with van der Waals surface area (Å²) in [7, 11) is 0. The number of hydrogen-bond donors (Lipinski definition) is 2. The van der Waals surface area contributed by atoms with Crippen LogP contribution in [0.1, 0.15) is 18.9 Å². The van der Waals surface area contributed by atoms with Gasteiger partial charge in [-0.3, -0.25) is 0 Å². The molecule has 2 rings (SSSR count). The van der Waals surface area contributed by atoms with Gasteiger partial charge in [0.15, 0.2) is 0 Å². The molecule has 0 saturated heterocycles. The molecular formula is C15H20N2OS. The first kappa shape index (κ1) is 14.2. The SMILES string of the molecule is CC(C)C(O)CNCc1ncc(-c2ccccc2)s1. The number of aliphatic hydroxyl groups excluding tert-OH is 1. The van der Waals surface area contributed by atoms with Crippen LogP contribution in [0.4, 0.5) is 0 Å². The molecule has 102 valence electrons. The third-order valence-electron chi connectivity index (χ3n) is 3.01. The molecule has 0 aliphatic heterocycles. The van der Waals surface area contributed by atoms with Gasteiger partial charge in [-0.05, 0) is 11.5 Å². The summed E-state index contributed by atoms with van der Waals surface area (Å²) in [6, 6.07) is 10.3. The van der Waals surface area contributed by atoms with Crippen molar-refractivity contribution in [1.82, 2.24) is 10.3 Å². The van der Waals surface area contributed by atoms with E-state index in [4.69, 9.17) is 0 Å². The number of aliphatic hydroxyl groups is 1. The lowest BCUT2D eigenvalue weighted by molar-refractivity contribution is 0.123. The fraction of sp³-hybridized carbons (Fsp3) is 0.400. The van der Waals surface area contributed by atoms with Gasteiger partial charge in [0.1, 0.15) is 5.01 Å². The molecule has 4 heteroatoms. The van der Waals surface area contributed by atoms with Crippen molar-refractivity contribution in [3.8, 4) is 10.4 Å². The Balaban J connectivity index is 1.88. The van der Waals surface area contributed by atoms with Crippen LogP contribution in [0, 0.1) is 5.92 Å². The van der Waals surface area contributed by atoms with E-state index in [0.717, 1.165) is 5.01 Å². The predicted molar refractivity (Wildman–Crippen MR) is 80.1 cm³/mol. The summed E-state index contributed by atoms with van der Waals surface area (Å²) in [6.45, 7) is 5.35. The molecule has 1 aromatic carbocycles. The van der Waals surface area contributed by atoms with E-state index in [-0.39, 0.29) is 12.0 Å². The predicted octanol–water partition coefficient (Wildman–Crippen LogP) is 2.92. The van der Waals surface area contributed by atoms with E-state index in [1.807, 2.05) is 38.2 Å². The highest BCUT2D eigenvalue weighted by atomic mass is 32.1. The summed E-state index contributed by atoms with van der Waals surface area (Å²) < 4.78 is 0. The van der Waals surface area contributed by atoms with Crippen LogP contribution in [-0.2, 0) is 6.54 Å². The topological polar surface area (TPSA) is 45.1 Å². The number of benzene rings is 1. The zero-order chi connectivity index (χ0) is 13.7. The Hall–Kier alpha value is -1.23. The molecular weight excluding hydrogens is 256 g/mol. The van der Waals surface area contributed by atoms with Crippen molar-refractivity contribution in [2.24, 2.45) is 5.92 Å². The Morgan fingerprint density at radius 3 is 2.68 bits per heavy atom. The average Bonchev–Trinajstić information content (AvgIpc) is 2.88. The summed E-state index contributed by atoms with van der Waals surface area (Å²) >= 11 is 1.69. The molecule has 1 unspecified atom stereocenters. The zero-order valence-corrected chi connectivity index (χ0v) is 12.2. The van der Waals surface area contributed by atoms with Crippen molar-refractivity contribution in [2.45, 2.75) is 26.5 Å². The van der Waals surface area contributed by atoms with Gasteiger partial charge < -0.3 is 10.4 Å². The molecule has 0 saturated carbocycles. The van der Waals surface area contributed by atoms with Crippen molar-refractivity contribution < 1.29 is 5.11 Å². The molecule has 0 aliphatic rings. The Morgan fingerprint density at radius 2 is 2.00 bits per heavy atom. The second-order valence-corrected chi connectivity index (χ2v) is 6.04. The van der Waals surface area contributed by atoms with Gasteiger partial charge in [0.25, 0.3) is 0 Å². The molecule has 0 amide bonds. The van der Waals surface area contributed by atoms with Crippen LogP contribution in [-0.4, -0.2) is 22.7 Å². The van der Waals surface area contributed by atoms with Crippen LogP contribution in [0.25, 0.3) is 10.4 Å². The summed E-state index contributed by atoms with van der Waals surface area (Å²) in [6.07, 6.45) is 1.61. The minimum atomic E-state index is -0.298. The van der Waals surface area contributed by atoms with E-state index in [9.17, 15) is 5.11 Å². The third kappa shape index (κ3) is 4.13. The van der Waals surface area contributed by atoms with E-state index >= 15 is 0 Å². The maximum absolute atomic E-state index is 9.71. The van der Waals surface area contributed by atoms with E-state index < -0.39 is 0 Å². The Kier molecular flexibility index (Phi) is 5.07. The Bertz CT molecular complexity index is 496. The fourth-order valence-electron chi connectivity index (χ4n) is 1.69. The van der Waals surface area contributed by atoms with E-state index in [0.29, 0.717) is 13.1 Å². The van der Waals surface area contributed by atoms with Gasteiger partial charge in [0, 0.05) is 19.3 Å². The van der Waals surface area contributed by atoms with Crippen molar-refractivity contribution in [3.05, 3.63) is 41.5 Å². The monoisotopic (exact) mass is 276 g/mol. The van der Waals surface area contributed by atoms with Gasteiger partial charge in [-0.2, -0.15) is 0 Å². The third-order valence-corrected chi connectivity index (χ3v) is 4.06. The number of rotatable bonds is 6. The van der Waals surface area contributed by atoms with Gasteiger partial charge in [-0.15, -0.1) is 11.3 Å². The van der Waals surface area contributed by atoms with Crippen LogP contribution in [0.15, 0.2) is 36.5 Å². The van der Waals surface area contributed by atoms with Crippen molar-refractivity contribution in [1.29, 1.82) is 0 Å². The van der Waals surface area contributed by atoms with Gasteiger partial charge in [0.2, 0.25) is 0 Å². The Morgan fingerprint density at radius 1 is 1.26 bits per heavy atom. The lowest BCUT2D eigenvalue weighted by Gasteiger charge is -2.14. The maximum Gasteiger partial charge on any atom is 0.107 e. The van der Waals surface area contributed by atoms with Crippen LogP contribution in [0.2, 0.25) is 0 Å². The first-order chi connectivity index (χ1) is 9.16. The van der Waals surface area contributed by atoms with E-state index in [1.54, 1.807) is 11.3 Å². The molecule has 0 bridgehead atoms.